The number of nitrogens with zero attached hydrogens (tertiary/aromatic N) is 2. The fourth-order valence-electron chi connectivity index (χ4n) is 1.43. The molecule has 0 aliphatic carbocycles. The third kappa shape index (κ3) is 9.58. The van der Waals surface area contributed by atoms with Crippen molar-refractivity contribution in [2.45, 2.75) is 38.9 Å². The molecule has 0 rings (SSSR count). The van der Waals surface area contributed by atoms with Crippen LogP contribution in [0.3, 0.4) is 0 Å². The van der Waals surface area contributed by atoms with Gasteiger partial charge in [-0.1, -0.05) is 6.92 Å². The van der Waals surface area contributed by atoms with Gasteiger partial charge < -0.3 is 15.5 Å². The van der Waals surface area contributed by atoms with Gasteiger partial charge in [0.05, 0.1) is 6.42 Å². The molecule has 0 heterocycles. The molecule has 19 heavy (non-hydrogen) atoms. The highest BCUT2D eigenvalue weighted by atomic mass is 19.4. The molecule has 0 aromatic rings. The molecule has 0 aromatic heterocycles. The first-order valence-corrected chi connectivity index (χ1v) is 6.51. The van der Waals surface area contributed by atoms with Crippen molar-refractivity contribution in [1.29, 1.82) is 0 Å². The number of alkyl halides is 3. The second kappa shape index (κ2) is 9.01. The van der Waals surface area contributed by atoms with Crippen LogP contribution in [-0.2, 0) is 0 Å². The Labute approximate surface area is 113 Å². The lowest BCUT2D eigenvalue weighted by atomic mass is 10.2. The summed E-state index contributed by atoms with van der Waals surface area (Å²) < 4.78 is 36.0. The standard InChI is InChI=1S/C12H25F3N4/c1-5-10(2)19(4)9-8-18-11(16-3)17-7-6-12(13,14)15/h10H,5-9H2,1-4H3,(H2,16,17,18). The smallest absolute Gasteiger partial charge is 0.356 e. The molecule has 1 unspecified atom stereocenters. The van der Waals surface area contributed by atoms with E-state index < -0.39 is 12.6 Å². The molecule has 0 saturated carbocycles. The molecule has 7 heteroatoms. The van der Waals surface area contributed by atoms with Crippen LogP contribution in [0.1, 0.15) is 26.7 Å². The Balaban J connectivity index is 3.84. The molecule has 0 spiro atoms. The van der Waals surface area contributed by atoms with E-state index in [-0.39, 0.29) is 6.54 Å². The Morgan fingerprint density at radius 1 is 1.26 bits per heavy atom. The molecule has 0 radical (unpaired) electrons. The summed E-state index contributed by atoms with van der Waals surface area (Å²) in [6.45, 7) is 5.55. The lowest BCUT2D eigenvalue weighted by Gasteiger charge is -2.24. The van der Waals surface area contributed by atoms with E-state index in [1.54, 1.807) is 7.05 Å². The Bertz CT molecular complexity index is 266. The largest absolute Gasteiger partial charge is 0.390 e. The van der Waals surface area contributed by atoms with Gasteiger partial charge in [-0.05, 0) is 20.4 Å². The molecule has 114 valence electrons. The summed E-state index contributed by atoms with van der Waals surface area (Å²) in [7, 11) is 3.57. The van der Waals surface area contributed by atoms with Gasteiger partial charge in [-0.25, -0.2) is 0 Å². The fourth-order valence-corrected chi connectivity index (χ4v) is 1.43. The molecular weight excluding hydrogens is 257 g/mol. The SMILES string of the molecule is CCC(C)N(C)CCNC(=NC)NCCC(F)(F)F. The summed E-state index contributed by atoms with van der Waals surface area (Å²) in [6.07, 6.45) is -3.93. The van der Waals surface area contributed by atoms with Gasteiger partial charge in [0.1, 0.15) is 0 Å². The molecular formula is C12H25F3N4. The Morgan fingerprint density at radius 2 is 1.84 bits per heavy atom. The van der Waals surface area contributed by atoms with Crippen molar-refractivity contribution < 1.29 is 13.2 Å². The fraction of sp³-hybridized carbons (Fsp3) is 0.917. The van der Waals surface area contributed by atoms with Gasteiger partial charge in [-0.15, -0.1) is 0 Å². The van der Waals surface area contributed by atoms with E-state index in [1.165, 1.54) is 0 Å². The zero-order valence-corrected chi connectivity index (χ0v) is 12.1. The summed E-state index contributed by atoms with van der Waals surface area (Å²) in [5, 5.41) is 5.64. The van der Waals surface area contributed by atoms with Crippen LogP contribution in [0.15, 0.2) is 4.99 Å². The van der Waals surface area contributed by atoms with Crippen molar-refractivity contribution in [2.24, 2.45) is 4.99 Å². The molecule has 0 aliphatic heterocycles. The van der Waals surface area contributed by atoms with Crippen molar-refractivity contribution in [3.8, 4) is 0 Å². The van der Waals surface area contributed by atoms with E-state index >= 15 is 0 Å². The van der Waals surface area contributed by atoms with Crippen LogP contribution in [-0.4, -0.2) is 56.8 Å². The monoisotopic (exact) mass is 282 g/mol. The number of halogens is 3. The Morgan fingerprint density at radius 3 is 2.32 bits per heavy atom. The summed E-state index contributed by atoms with van der Waals surface area (Å²) in [4.78, 5) is 6.07. The lowest BCUT2D eigenvalue weighted by molar-refractivity contribution is -0.132. The first-order valence-electron chi connectivity index (χ1n) is 6.51. The predicted molar refractivity (Wildman–Crippen MR) is 72.4 cm³/mol. The molecule has 0 amide bonds. The van der Waals surface area contributed by atoms with Crippen molar-refractivity contribution >= 4 is 5.96 Å². The van der Waals surface area contributed by atoms with Gasteiger partial charge in [0, 0.05) is 32.7 Å². The van der Waals surface area contributed by atoms with Crippen LogP contribution >= 0.6 is 0 Å². The molecule has 0 bridgehead atoms. The maximum absolute atomic E-state index is 12.0. The second-order valence-corrected chi connectivity index (χ2v) is 4.53. The highest BCUT2D eigenvalue weighted by molar-refractivity contribution is 5.79. The minimum Gasteiger partial charge on any atom is -0.356 e. The highest BCUT2D eigenvalue weighted by Crippen LogP contribution is 2.17. The average molecular weight is 282 g/mol. The molecule has 0 fully saturated rings. The molecule has 2 N–H and O–H groups in total. The minimum atomic E-state index is -4.14. The van der Waals surface area contributed by atoms with Gasteiger partial charge in [-0.3, -0.25) is 4.99 Å². The lowest BCUT2D eigenvalue weighted by Crippen LogP contribution is -2.43. The third-order valence-electron chi connectivity index (χ3n) is 3.02. The van der Waals surface area contributed by atoms with E-state index in [0.29, 0.717) is 18.5 Å². The number of guanidine groups is 1. The zero-order chi connectivity index (χ0) is 14.9. The number of nitrogens with one attached hydrogen (secondary N) is 2. The van der Waals surface area contributed by atoms with E-state index in [9.17, 15) is 13.2 Å². The minimum absolute atomic E-state index is 0.162. The number of rotatable bonds is 7. The van der Waals surface area contributed by atoms with Crippen molar-refractivity contribution in [3.05, 3.63) is 0 Å². The summed E-state index contributed by atoms with van der Waals surface area (Å²) in [6, 6.07) is 0.488. The quantitative estimate of drug-likeness (QED) is 0.553. The molecule has 1 atom stereocenters. The van der Waals surface area contributed by atoms with E-state index in [4.69, 9.17) is 0 Å². The van der Waals surface area contributed by atoms with Crippen LogP contribution in [0, 0.1) is 0 Å². The Hall–Kier alpha value is -0.980. The molecule has 0 aliphatic rings. The van der Waals surface area contributed by atoms with Gasteiger partial charge in [0.15, 0.2) is 5.96 Å². The van der Waals surface area contributed by atoms with Crippen molar-refractivity contribution in [3.63, 3.8) is 0 Å². The summed E-state index contributed by atoms with van der Waals surface area (Å²) >= 11 is 0. The van der Waals surface area contributed by atoms with Crippen LogP contribution in [0.5, 0.6) is 0 Å². The maximum Gasteiger partial charge on any atom is 0.390 e. The normalized spacial score (nSPS) is 14.6. The van der Waals surface area contributed by atoms with Gasteiger partial charge >= 0.3 is 6.18 Å². The Kier molecular flexibility index (Phi) is 8.54. The van der Waals surface area contributed by atoms with Crippen LogP contribution in [0.25, 0.3) is 0 Å². The molecule has 4 nitrogen and oxygen atoms in total. The van der Waals surface area contributed by atoms with E-state index in [1.807, 2.05) is 7.05 Å². The molecule has 0 aromatic carbocycles. The van der Waals surface area contributed by atoms with Gasteiger partial charge in [0.25, 0.3) is 0 Å². The zero-order valence-electron chi connectivity index (χ0n) is 12.1. The first kappa shape index (κ1) is 18.0. The topological polar surface area (TPSA) is 39.7 Å². The van der Waals surface area contributed by atoms with Crippen LogP contribution in [0.2, 0.25) is 0 Å². The van der Waals surface area contributed by atoms with Gasteiger partial charge in [0.2, 0.25) is 0 Å². The second-order valence-electron chi connectivity index (χ2n) is 4.53. The van der Waals surface area contributed by atoms with E-state index in [0.717, 1.165) is 13.0 Å². The third-order valence-corrected chi connectivity index (χ3v) is 3.02. The van der Waals surface area contributed by atoms with Crippen LogP contribution in [0.4, 0.5) is 13.2 Å². The number of likely N-dealkylation sites (N-methyl/N-ethyl adjacent to an activating group) is 1. The van der Waals surface area contributed by atoms with Gasteiger partial charge in [-0.2, -0.15) is 13.2 Å². The van der Waals surface area contributed by atoms with Crippen molar-refractivity contribution in [2.75, 3.05) is 33.7 Å². The highest BCUT2D eigenvalue weighted by Gasteiger charge is 2.26. The maximum atomic E-state index is 12.0. The number of hydrogen-bond acceptors (Lipinski definition) is 2. The average Bonchev–Trinajstić information content (AvgIpc) is 2.34. The predicted octanol–water partition coefficient (Wildman–Crippen LogP) is 1.83. The summed E-state index contributed by atoms with van der Waals surface area (Å²) in [5.74, 6) is 0.404. The summed E-state index contributed by atoms with van der Waals surface area (Å²) in [5.41, 5.74) is 0. The first-order chi connectivity index (χ1) is 8.80. The number of aliphatic imine (C=N–C) groups is 1. The van der Waals surface area contributed by atoms with Crippen molar-refractivity contribution in [1.82, 2.24) is 15.5 Å². The van der Waals surface area contributed by atoms with E-state index in [2.05, 4.69) is 34.4 Å². The van der Waals surface area contributed by atoms with Crippen LogP contribution < -0.4 is 10.6 Å². The number of hydrogen-bond donors (Lipinski definition) is 2. The molecule has 0 saturated heterocycles.